The maximum atomic E-state index is 12.5. The third-order valence-corrected chi connectivity index (χ3v) is 4.47. The molecule has 0 unspecified atom stereocenters. The van der Waals surface area contributed by atoms with Gasteiger partial charge >= 0.3 is 0 Å². The van der Waals surface area contributed by atoms with Crippen molar-refractivity contribution in [1.29, 1.82) is 0 Å². The quantitative estimate of drug-likeness (QED) is 0.869. The van der Waals surface area contributed by atoms with Gasteiger partial charge in [-0.2, -0.15) is 0 Å². The summed E-state index contributed by atoms with van der Waals surface area (Å²) in [6.45, 7) is 7.59. The lowest BCUT2D eigenvalue weighted by Crippen LogP contribution is -2.49. The van der Waals surface area contributed by atoms with Gasteiger partial charge < -0.3 is 9.80 Å². The van der Waals surface area contributed by atoms with Crippen molar-refractivity contribution >= 4 is 11.6 Å². The first kappa shape index (κ1) is 15.6. The van der Waals surface area contributed by atoms with Crippen LogP contribution in [0.15, 0.2) is 48.5 Å². The third-order valence-electron chi connectivity index (χ3n) is 4.47. The number of nitrogens with zero attached hydrogens (tertiary/aromatic N) is 2. The predicted octanol–water partition coefficient (Wildman–Crippen LogP) is 3.19. The molecule has 23 heavy (non-hydrogen) atoms. The van der Waals surface area contributed by atoms with Crippen molar-refractivity contribution in [3.63, 3.8) is 0 Å². The zero-order chi connectivity index (χ0) is 16.2. The molecule has 0 aromatic heterocycles. The molecule has 0 radical (unpaired) electrons. The van der Waals surface area contributed by atoms with E-state index in [-0.39, 0.29) is 5.91 Å². The van der Waals surface area contributed by atoms with Crippen LogP contribution >= 0.6 is 0 Å². The predicted molar refractivity (Wildman–Crippen MR) is 94.9 cm³/mol. The Morgan fingerprint density at radius 1 is 0.913 bits per heavy atom. The number of hydrogen-bond acceptors (Lipinski definition) is 2. The van der Waals surface area contributed by atoms with E-state index in [1.165, 1.54) is 16.8 Å². The van der Waals surface area contributed by atoms with Gasteiger partial charge in [0.05, 0.1) is 6.42 Å². The average Bonchev–Trinajstić information content (AvgIpc) is 2.56. The molecule has 1 aliphatic heterocycles. The highest BCUT2D eigenvalue weighted by Gasteiger charge is 2.21. The van der Waals surface area contributed by atoms with Gasteiger partial charge in [-0.05, 0) is 31.5 Å². The summed E-state index contributed by atoms with van der Waals surface area (Å²) in [7, 11) is 0. The van der Waals surface area contributed by atoms with E-state index >= 15 is 0 Å². The van der Waals surface area contributed by atoms with Crippen molar-refractivity contribution < 1.29 is 4.79 Å². The Hall–Kier alpha value is -2.29. The number of piperazine rings is 1. The smallest absolute Gasteiger partial charge is 0.227 e. The second-order valence-electron chi connectivity index (χ2n) is 6.37. The molecule has 0 saturated carbocycles. The molecule has 3 nitrogen and oxygen atoms in total. The Labute approximate surface area is 138 Å². The molecule has 2 aromatic carbocycles. The first-order valence-corrected chi connectivity index (χ1v) is 8.27. The van der Waals surface area contributed by atoms with Gasteiger partial charge in [-0.1, -0.05) is 47.5 Å². The van der Waals surface area contributed by atoms with Gasteiger partial charge in [0, 0.05) is 31.9 Å². The summed E-state index contributed by atoms with van der Waals surface area (Å²) >= 11 is 0. The minimum Gasteiger partial charge on any atom is -0.368 e. The molecule has 1 saturated heterocycles. The number of benzene rings is 2. The van der Waals surface area contributed by atoms with Crippen LogP contribution in [0.5, 0.6) is 0 Å². The SMILES string of the molecule is Cc1ccc(N2CCN(C(=O)Cc3cccc(C)c3)CC2)cc1. The standard InChI is InChI=1S/C20H24N2O/c1-16-6-8-19(9-7-16)21-10-12-22(13-11-21)20(23)15-18-5-3-4-17(2)14-18/h3-9,14H,10-13,15H2,1-2H3. The molecule has 3 heteroatoms. The van der Waals surface area contributed by atoms with Crippen LogP contribution in [0.2, 0.25) is 0 Å². The van der Waals surface area contributed by atoms with Crippen molar-refractivity contribution in [2.24, 2.45) is 0 Å². The first-order valence-electron chi connectivity index (χ1n) is 8.27. The summed E-state index contributed by atoms with van der Waals surface area (Å²) in [6.07, 6.45) is 0.506. The van der Waals surface area contributed by atoms with Crippen LogP contribution in [0.25, 0.3) is 0 Å². The maximum Gasteiger partial charge on any atom is 0.227 e. The van der Waals surface area contributed by atoms with E-state index in [0.29, 0.717) is 6.42 Å². The van der Waals surface area contributed by atoms with Crippen molar-refractivity contribution in [2.45, 2.75) is 20.3 Å². The molecule has 2 aromatic rings. The van der Waals surface area contributed by atoms with E-state index in [1.807, 2.05) is 17.0 Å². The maximum absolute atomic E-state index is 12.5. The number of amides is 1. The molecule has 0 aliphatic carbocycles. The van der Waals surface area contributed by atoms with Gasteiger partial charge in [0.1, 0.15) is 0 Å². The molecule has 0 bridgehead atoms. The van der Waals surface area contributed by atoms with E-state index in [4.69, 9.17) is 0 Å². The van der Waals surface area contributed by atoms with E-state index in [2.05, 4.69) is 55.1 Å². The van der Waals surface area contributed by atoms with Crippen molar-refractivity contribution in [1.82, 2.24) is 4.90 Å². The lowest BCUT2D eigenvalue weighted by atomic mass is 10.1. The van der Waals surface area contributed by atoms with Crippen LogP contribution in [0.4, 0.5) is 5.69 Å². The zero-order valence-electron chi connectivity index (χ0n) is 14.0. The Morgan fingerprint density at radius 3 is 2.26 bits per heavy atom. The van der Waals surface area contributed by atoms with Crippen molar-refractivity contribution in [3.05, 3.63) is 65.2 Å². The van der Waals surface area contributed by atoms with Gasteiger partial charge in [0.2, 0.25) is 5.91 Å². The zero-order valence-corrected chi connectivity index (χ0v) is 14.0. The summed E-state index contributed by atoms with van der Waals surface area (Å²) in [5, 5.41) is 0. The molecule has 1 heterocycles. The lowest BCUT2D eigenvalue weighted by molar-refractivity contribution is -0.130. The molecule has 1 amide bonds. The number of hydrogen-bond donors (Lipinski definition) is 0. The van der Waals surface area contributed by atoms with Crippen LogP contribution < -0.4 is 4.90 Å². The highest BCUT2D eigenvalue weighted by Crippen LogP contribution is 2.17. The summed E-state index contributed by atoms with van der Waals surface area (Å²) < 4.78 is 0. The van der Waals surface area contributed by atoms with Crippen molar-refractivity contribution in [3.8, 4) is 0 Å². The summed E-state index contributed by atoms with van der Waals surface area (Å²) in [5.74, 6) is 0.235. The van der Waals surface area contributed by atoms with E-state index < -0.39 is 0 Å². The molecule has 1 aliphatic rings. The van der Waals surface area contributed by atoms with Crippen LogP contribution in [-0.4, -0.2) is 37.0 Å². The van der Waals surface area contributed by atoms with Gasteiger partial charge in [0.25, 0.3) is 0 Å². The van der Waals surface area contributed by atoms with Crippen molar-refractivity contribution in [2.75, 3.05) is 31.1 Å². The Bertz CT molecular complexity index is 670. The lowest BCUT2D eigenvalue weighted by Gasteiger charge is -2.36. The number of aryl methyl sites for hydroxylation is 2. The molecule has 0 spiro atoms. The molecule has 3 rings (SSSR count). The highest BCUT2D eigenvalue weighted by molar-refractivity contribution is 5.79. The van der Waals surface area contributed by atoms with Crippen LogP contribution in [0.1, 0.15) is 16.7 Å². The highest BCUT2D eigenvalue weighted by atomic mass is 16.2. The second-order valence-corrected chi connectivity index (χ2v) is 6.37. The molecule has 0 atom stereocenters. The first-order chi connectivity index (χ1) is 11.1. The number of anilines is 1. The summed E-state index contributed by atoms with van der Waals surface area (Å²) in [6, 6.07) is 16.8. The third kappa shape index (κ3) is 3.92. The average molecular weight is 308 g/mol. The molecule has 1 fully saturated rings. The Kier molecular flexibility index (Phi) is 4.65. The largest absolute Gasteiger partial charge is 0.368 e. The minimum absolute atomic E-state index is 0.235. The van der Waals surface area contributed by atoms with E-state index in [9.17, 15) is 4.79 Å². The molecule has 0 N–H and O–H groups in total. The van der Waals surface area contributed by atoms with Crippen LogP contribution in [-0.2, 0) is 11.2 Å². The number of carbonyl (C=O) groups is 1. The second kappa shape index (κ2) is 6.86. The molecular formula is C20H24N2O. The summed E-state index contributed by atoms with van der Waals surface area (Å²) in [5.41, 5.74) is 4.84. The van der Waals surface area contributed by atoms with E-state index in [1.54, 1.807) is 0 Å². The van der Waals surface area contributed by atoms with Crippen LogP contribution in [0, 0.1) is 13.8 Å². The van der Waals surface area contributed by atoms with Gasteiger partial charge in [-0.25, -0.2) is 0 Å². The van der Waals surface area contributed by atoms with E-state index in [0.717, 1.165) is 31.7 Å². The summed E-state index contributed by atoms with van der Waals surface area (Å²) in [4.78, 5) is 16.8. The number of carbonyl (C=O) groups excluding carboxylic acids is 1. The fourth-order valence-corrected chi connectivity index (χ4v) is 3.08. The van der Waals surface area contributed by atoms with Gasteiger partial charge in [-0.3, -0.25) is 4.79 Å². The monoisotopic (exact) mass is 308 g/mol. The van der Waals surface area contributed by atoms with Gasteiger partial charge in [0.15, 0.2) is 0 Å². The minimum atomic E-state index is 0.235. The normalized spacial score (nSPS) is 14.9. The van der Waals surface area contributed by atoms with Gasteiger partial charge in [-0.15, -0.1) is 0 Å². The molecule has 120 valence electrons. The van der Waals surface area contributed by atoms with Crippen LogP contribution in [0.3, 0.4) is 0 Å². The number of rotatable bonds is 3. The fraction of sp³-hybridized carbons (Fsp3) is 0.350. The topological polar surface area (TPSA) is 23.6 Å². The Balaban J connectivity index is 1.56. The Morgan fingerprint density at radius 2 is 1.61 bits per heavy atom. The fourth-order valence-electron chi connectivity index (χ4n) is 3.08. The molecular weight excluding hydrogens is 284 g/mol.